The summed E-state index contributed by atoms with van der Waals surface area (Å²) in [6.07, 6.45) is 0. The largest absolute Gasteiger partial charge is 0.489 e. The van der Waals surface area contributed by atoms with Gasteiger partial charge in [0.15, 0.2) is 0 Å². The summed E-state index contributed by atoms with van der Waals surface area (Å²) < 4.78 is 5.79. The summed E-state index contributed by atoms with van der Waals surface area (Å²) in [7, 11) is 0. The molecule has 0 fully saturated rings. The van der Waals surface area contributed by atoms with Crippen LogP contribution in [0.3, 0.4) is 0 Å². The Kier molecular flexibility index (Phi) is 6.80. The predicted molar refractivity (Wildman–Crippen MR) is 124 cm³/mol. The van der Waals surface area contributed by atoms with E-state index in [2.05, 4.69) is 5.43 Å². The van der Waals surface area contributed by atoms with Gasteiger partial charge in [-0.1, -0.05) is 48.0 Å². The zero-order valence-corrected chi connectivity index (χ0v) is 18.8. The van der Waals surface area contributed by atoms with Gasteiger partial charge < -0.3 is 4.74 Å². The number of hydrogen-bond donors (Lipinski definition) is 2. The van der Waals surface area contributed by atoms with Gasteiger partial charge in [-0.25, -0.2) is 0 Å². The molecule has 1 aliphatic rings. The molecular weight excluding hydrogens is 466 g/mol. The van der Waals surface area contributed by atoms with Gasteiger partial charge in [0.25, 0.3) is 5.91 Å². The second-order valence-electron chi connectivity index (χ2n) is 6.93. The van der Waals surface area contributed by atoms with Crippen LogP contribution >= 0.6 is 28.6 Å². The molecule has 0 radical (unpaired) electrons. The van der Waals surface area contributed by atoms with Crippen molar-refractivity contribution in [3.63, 3.8) is 0 Å². The number of aryl methyl sites for hydroxylation is 1. The lowest BCUT2D eigenvalue weighted by molar-refractivity contribution is 0.0869. The first-order valence-corrected chi connectivity index (χ1v) is 9.62. The van der Waals surface area contributed by atoms with Gasteiger partial charge in [0, 0.05) is 16.1 Å². The van der Waals surface area contributed by atoms with Crippen molar-refractivity contribution in [2.24, 2.45) is 0 Å². The Balaban J connectivity index is 0.00000256. The van der Waals surface area contributed by atoms with Crippen LogP contribution in [-0.4, -0.2) is 16.8 Å². The van der Waals surface area contributed by atoms with Crippen LogP contribution in [0.5, 0.6) is 5.75 Å². The summed E-state index contributed by atoms with van der Waals surface area (Å²) in [5, 5.41) is 10.5. The second kappa shape index (κ2) is 9.32. The Labute approximate surface area is 190 Å². The highest BCUT2D eigenvalue weighted by Crippen LogP contribution is 2.22. The Morgan fingerprint density at radius 3 is 2.57 bits per heavy atom. The fourth-order valence-electron chi connectivity index (χ4n) is 3.19. The van der Waals surface area contributed by atoms with Crippen molar-refractivity contribution in [1.29, 1.82) is 5.41 Å². The summed E-state index contributed by atoms with van der Waals surface area (Å²) in [6.45, 7) is 2.82. The molecule has 5 nitrogen and oxygen atoms in total. The van der Waals surface area contributed by atoms with Crippen LogP contribution in [-0.2, 0) is 13.2 Å². The molecule has 7 heteroatoms. The van der Waals surface area contributed by atoms with E-state index in [4.69, 9.17) is 21.7 Å². The van der Waals surface area contributed by atoms with Crippen LogP contribution < -0.4 is 10.2 Å². The van der Waals surface area contributed by atoms with Crippen molar-refractivity contribution >= 4 is 40.3 Å². The number of halogens is 2. The number of hydrogen-bond acceptors (Lipinski definition) is 3. The fraction of sp³-hybridized carbons (Fsp3) is 0.130. The number of carbonyl (C=O) groups is 1. The first-order valence-electron chi connectivity index (χ1n) is 9.24. The highest BCUT2D eigenvalue weighted by atomic mass is 79.9. The monoisotopic (exact) mass is 485 g/mol. The fourth-order valence-corrected chi connectivity index (χ4v) is 3.31. The number of carbonyl (C=O) groups excluding carboxylic acids is 1. The second-order valence-corrected chi connectivity index (χ2v) is 7.34. The van der Waals surface area contributed by atoms with Gasteiger partial charge in [-0.2, -0.15) is 0 Å². The van der Waals surface area contributed by atoms with E-state index in [1.165, 1.54) is 0 Å². The Bertz CT molecular complexity index is 1090. The number of ether oxygens (including phenoxy) is 1. The van der Waals surface area contributed by atoms with Crippen LogP contribution in [0.25, 0.3) is 0 Å². The number of amidine groups is 1. The van der Waals surface area contributed by atoms with Gasteiger partial charge in [-0.05, 0) is 53.9 Å². The molecule has 1 amide bonds. The molecule has 0 bridgehead atoms. The maximum atomic E-state index is 12.6. The summed E-state index contributed by atoms with van der Waals surface area (Å²) in [4.78, 5) is 12.6. The van der Waals surface area contributed by atoms with Crippen LogP contribution in [0.15, 0.2) is 66.7 Å². The molecule has 0 aliphatic carbocycles. The molecule has 0 atom stereocenters. The Hall–Kier alpha value is -2.83. The number of nitrogens with zero attached hydrogens (tertiary/aromatic N) is 1. The minimum absolute atomic E-state index is 0. The molecule has 0 aromatic heterocycles. The standard InChI is InChI=1S/C23H20ClN3O2.BrH/c1-15-12-19(10-11-21(15)24)29-14-16-6-8-17(9-7-16)23(28)26-27-13-18-4-2-3-5-20(18)22(27)25;/h2-12,25H,13-14H2,1H3,(H,26,28);1H. The Morgan fingerprint density at radius 2 is 1.87 bits per heavy atom. The zero-order valence-electron chi connectivity index (χ0n) is 16.3. The maximum Gasteiger partial charge on any atom is 0.269 e. The number of nitrogens with one attached hydrogen (secondary N) is 2. The average Bonchev–Trinajstić information content (AvgIpc) is 3.05. The highest BCUT2D eigenvalue weighted by Gasteiger charge is 2.25. The molecule has 1 aliphatic heterocycles. The van der Waals surface area contributed by atoms with Crippen molar-refractivity contribution in [1.82, 2.24) is 10.4 Å². The molecule has 154 valence electrons. The average molecular weight is 487 g/mol. The summed E-state index contributed by atoms with van der Waals surface area (Å²) in [6, 6.07) is 20.5. The number of fused-ring (bicyclic) bond motifs is 1. The topological polar surface area (TPSA) is 65.4 Å². The third kappa shape index (κ3) is 4.66. The van der Waals surface area contributed by atoms with E-state index in [0.717, 1.165) is 28.0 Å². The number of amides is 1. The lowest BCUT2D eigenvalue weighted by Crippen LogP contribution is -2.42. The summed E-state index contributed by atoms with van der Waals surface area (Å²) in [5.74, 6) is 0.807. The first kappa shape index (κ1) is 21.9. The molecule has 4 rings (SSSR count). The molecule has 0 spiro atoms. The maximum absolute atomic E-state index is 12.6. The number of benzene rings is 3. The van der Waals surface area contributed by atoms with Gasteiger partial charge in [0.05, 0.1) is 6.54 Å². The molecule has 30 heavy (non-hydrogen) atoms. The summed E-state index contributed by atoms with van der Waals surface area (Å²) in [5.41, 5.74) is 7.13. The van der Waals surface area contributed by atoms with Crippen molar-refractivity contribution < 1.29 is 9.53 Å². The summed E-state index contributed by atoms with van der Waals surface area (Å²) >= 11 is 6.03. The van der Waals surface area contributed by atoms with E-state index in [1.807, 2.05) is 61.5 Å². The van der Waals surface area contributed by atoms with Crippen LogP contribution in [0, 0.1) is 12.3 Å². The van der Waals surface area contributed by atoms with Crippen LogP contribution in [0.4, 0.5) is 0 Å². The third-order valence-electron chi connectivity index (χ3n) is 4.86. The van der Waals surface area contributed by atoms with E-state index >= 15 is 0 Å². The predicted octanol–water partition coefficient (Wildman–Crippen LogP) is 5.29. The van der Waals surface area contributed by atoms with E-state index in [0.29, 0.717) is 29.6 Å². The van der Waals surface area contributed by atoms with Gasteiger partial charge in [-0.3, -0.25) is 20.6 Å². The molecule has 2 N–H and O–H groups in total. The van der Waals surface area contributed by atoms with Crippen molar-refractivity contribution in [3.8, 4) is 5.75 Å². The minimum atomic E-state index is -0.247. The van der Waals surface area contributed by atoms with Gasteiger partial charge in [-0.15, -0.1) is 17.0 Å². The zero-order chi connectivity index (χ0) is 20.4. The van der Waals surface area contributed by atoms with Crippen molar-refractivity contribution in [2.75, 3.05) is 0 Å². The van der Waals surface area contributed by atoms with E-state index in [-0.39, 0.29) is 22.9 Å². The molecule has 0 unspecified atom stereocenters. The lowest BCUT2D eigenvalue weighted by atomic mass is 10.1. The molecule has 3 aromatic carbocycles. The number of hydrazine groups is 1. The van der Waals surface area contributed by atoms with Crippen molar-refractivity contribution in [3.05, 3.63) is 99.6 Å². The highest BCUT2D eigenvalue weighted by molar-refractivity contribution is 8.93. The Morgan fingerprint density at radius 1 is 1.13 bits per heavy atom. The van der Waals surface area contributed by atoms with Crippen LogP contribution in [0.2, 0.25) is 5.02 Å². The third-order valence-corrected chi connectivity index (χ3v) is 5.28. The molecule has 0 saturated heterocycles. The quantitative estimate of drug-likeness (QED) is 0.515. The molecule has 0 saturated carbocycles. The molecule has 1 heterocycles. The van der Waals surface area contributed by atoms with Gasteiger partial charge in [0.1, 0.15) is 18.2 Å². The normalized spacial score (nSPS) is 12.2. The van der Waals surface area contributed by atoms with Gasteiger partial charge >= 0.3 is 0 Å². The first-order chi connectivity index (χ1) is 14.0. The van der Waals surface area contributed by atoms with Gasteiger partial charge in [0.2, 0.25) is 0 Å². The lowest BCUT2D eigenvalue weighted by Gasteiger charge is -2.19. The molecule has 3 aromatic rings. The van der Waals surface area contributed by atoms with Crippen LogP contribution in [0.1, 0.15) is 32.6 Å². The van der Waals surface area contributed by atoms with E-state index in [1.54, 1.807) is 17.1 Å². The van der Waals surface area contributed by atoms with E-state index in [9.17, 15) is 4.79 Å². The SMILES string of the molecule is Br.Cc1cc(OCc2ccc(C(=O)NN3Cc4ccccc4C3=N)cc2)ccc1Cl. The number of rotatable bonds is 5. The smallest absolute Gasteiger partial charge is 0.269 e. The van der Waals surface area contributed by atoms with Crippen molar-refractivity contribution in [2.45, 2.75) is 20.1 Å². The molecular formula is C23H21BrClN3O2. The van der Waals surface area contributed by atoms with E-state index < -0.39 is 0 Å². The minimum Gasteiger partial charge on any atom is -0.489 e.